The fourth-order valence-corrected chi connectivity index (χ4v) is 3.82. The van der Waals surface area contributed by atoms with Crippen LogP contribution < -0.4 is 5.32 Å². The summed E-state index contributed by atoms with van der Waals surface area (Å²) in [5, 5.41) is 8.34. The summed E-state index contributed by atoms with van der Waals surface area (Å²) in [6.45, 7) is 10.0. The number of rotatable bonds is 2. The normalized spacial score (nSPS) is 25.4. The summed E-state index contributed by atoms with van der Waals surface area (Å²) in [5.41, 5.74) is 3.03. The number of nitrogens with zero attached hydrogens (tertiary/aromatic N) is 3. The molecule has 2 fully saturated rings. The van der Waals surface area contributed by atoms with Crippen LogP contribution in [0.1, 0.15) is 50.9 Å². The molecule has 1 aliphatic heterocycles. The smallest absolute Gasteiger partial charge is 0.0597 e. The van der Waals surface area contributed by atoms with Gasteiger partial charge in [-0.2, -0.15) is 5.10 Å². The summed E-state index contributed by atoms with van der Waals surface area (Å²) >= 11 is 0. The average molecular weight is 276 g/mol. The Balaban J connectivity index is 1.79. The van der Waals surface area contributed by atoms with Crippen LogP contribution in [0, 0.1) is 6.92 Å². The van der Waals surface area contributed by atoms with Crippen LogP contribution in [0.25, 0.3) is 0 Å². The molecule has 2 heterocycles. The Morgan fingerprint density at radius 2 is 2.00 bits per heavy atom. The van der Waals surface area contributed by atoms with Gasteiger partial charge in [-0.05, 0) is 39.7 Å². The summed E-state index contributed by atoms with van der Waals surface area (Å²) in [6, 6.07) is 2.22. The fourth-order valence-electron chi connectivity index (χ4n) is 3.82. The zero-order valence-corrected chi connectivity index (χ0v) is 13.4. The Morgan fingerprint density at radius 3 is 2.60 bits per heavy atom. The minimum atomic E-state index is 0.214. The van der Waals surface area contributed by atoms with Crippen LogP contribution >= 0.6 is 0 Å². The molecule has 4 heteroatoms. The van der Waals surface area contributed by atoms with Gasteiger partial charge in [0, 0.05) is 37.8 Å². The monoisotopic (exact) mass is 276 g/mol. The molecule has 0 atom stereocenters. The van der Waals surface area contributed by atoms with E-state index in [9.17, 15) is 0 Å². The molecule has 4 nitrogen and oxygen atoms in total. The highest BCUT2D eigenvalue weighted by molar-refractivity contribution is 5.11. The van der Waals surface area contributed by atoms with Crippen LogP contribution in [0.3, 0.4) is 0 Å². The standard InChI is InChI=1S/C16H28N4/c1-13-9-14(19(4)18-13)10-20-12-16(7-5-6-8-16)17-11-15(20,2)3/h9,17H,5-8,10-12H2,1-4H3. The minimum absolute atomic E-state index is 0.214. The first-order valence-electron chi connectivity index (χ1n) is 7.90. The first kappa shape index (κ1) is 14.1. The van der Waals surface area contributed by atoms with Crippen LogP contribution in [0.4, 0.5) is 0 Å². The van der Waals surface area contributed by atoms with Gasteiger partial charge < -0.3 is 5.32 Å². The van der Waals surface area contributed by atoms with E-state index in [1.54, 1.807) is 0 Å². The zero-order chi connectivity index (χ0) is 14.4. The number of hydrogen-bond acceptors (Lipinski definition) is 3. The molecule has 1 spiro atoms. The van der Waals surface area contributed by atoms with E-state index in [0.717, 1.165) is 18.8 Å². The molecule has 20 heavy (non-hydrogen) atoms. The molecular weight excluding hydrogens is 248 g/mol. The molecule has 0 unspecified atom stereocenters. The van der Waals surface area contributed by atoms with Crippen LogP contribution in [-0.2, 0) is 13.6 Å². The molecule has 0 bridgehead atoms. The van der Waals surface area contributed by atoms with E-state index in [1.165, 1.54) is 37.9 Å². The van der Waals surface area contributed by atoms with Gasteiger partial charge in [0.1, 0.15) is 0 Å². The molecule has 1 aromatic heterocycles. The molecule has 0 aromatic carbocycles. The van der Waals surface area contributed by atoms with Gasteiger partial charge in [0.15, 0.2) is 0 Å². The summed E-state index contributed by atoms with van der Waals surface area (Å²) in [7, 11) is 2.06. The van der Waals surface area contributed by atoms with Crippen molar-refractivity contribution in [2.75, 3.05) is 13.1 Å². The van der Waals surface area contributed by atoms with Crippen molar-refractivity contribution in [3.05, 3.63) is 17.5 Å². The van der Waals surface area contributed by atoms with Crippen LogP contribution in [0.5, 0.6) is 0 Å². The van der Waals surface area contributed by atoms with E-state index in [4.69, 9.17) is 0 Å². The van der Waals surface area contributed by atoms with Crippen LogP contribution in [0.15, 0.2) is 6.07 Å². The lowest BCUT2D eigenvalue weighted by Crippen LogP contribution is -2.67. The van der Waals surface area contributed by atoms with Gasteiger partial charge in [0.05, 0.1) is 11.4 Å². The largest absolute Gasteiger partial charge is 0.308 e. The van der Waals surface area contributed by atoms with Crippen molar-refractivity contribution in [2.24, 2.45) is 7.05 Å². The topological polar surface area (TPSA) is 33.1 Å². The quantitative estimate of drug-likeness (QED) is 0.899. The van der Waals surface area contributed by atoms with E-state index < -0.39 is 0 Å². The Kier molecular flexibility index (Phi) is 3.41. The number of hydrogen-bond donors (Lipinski definition) is 1. The summed E-state index contributed by atoms with van der Waals surface area (Å²) in [4.78, 5) is 2.66. The van der Waals surface area contributed by atoms with Crippen molar-refractivity contribution in [1.29, 1.82) is 0 Å². The number of aromatic nitrogens is 2. The molecule has 1 saturated carbocycles. The molecule has 1 aliphatic carbocycles. The van der Waals surface area contributed by atoms with Gasteiger partial charge in [-0.1, -0.05) is 12.8 Å². The van der Waals surface area contributed by atoms with E-state index in [-0.39, 0.29) is 5.54 Å². The van der Waals surface area contributed by atoms with Gasteiger partial charge >= 0.3 is 0 Å². The van der Waals surface area contributed by atoms with Gasteiger partial charge in [0.25, 0.3) is 0 Å². The highest BCUT2D eigenvalue weighted by atomic mass is 15.3. The third kappa shape index (κ3) is 2.51. The van der Waals surface area contributed by atoms with E-state index in [0.29, 0.717) is 5.54 Å². The first-order chi connectivity index (χ1) is 9.40. The maximum absolute atomic E-state index is 4.49. The maximum Gasteiger partial charge on any atom is 0.0597 e. The van der Waals surface area contributed by atoms with E-state index in [2.05, 4.69) is 49.2 Å². The molecule has 0 radical (unpaired) electrons. The van der Waals surface area contributed by atoms with Crippen molar-refractivity contribution in [2.45, 2.75) is 64.1 Å². The second-order valence-corrected chi connectivity index (χ2v) is 7.41. The summed E-state index contributed by atoms with van der Waals surface area (Å²) in [5.74, 6) is 0. The Morgan fingerprint density at radius 1 is 1.30 bits per heavy atom. The second-order valence-electron chi connectivity index (χ2n) is 7.41. The van der Waals surface area contributed by atoms with Crippen molar-refractivity contribution >= 4 is 0 Å². The summed E-state index contributed by atoms with van der Waals surface area (Å²) < 4.78 is 2.04. The molecule has 112 valence electrons. The number of nitrogens with one attached hydrogen (secondary N) is 1. The Bertz CT molecular complexity index is 483. The van der Waals surface area contributed by atoms with Crippen LogP contribution in [0.2, 0.25) is 0 Å². The van der Waals surface area contributed by atoms with Gasteiger partial charge in [-0.3, -0.25) is 9.58 Å². The predicted octanol–water partition coefficient (Wildman–Crippen LogP) is 2.23. The lowest BCUT2D eigenvalue weighted by atomic mass is 9.87. The highest BCUT2D eigenvalue weighted by Crippen LogP contribution is 2.36. The first-order valence-corrected chi connectivity index (χ1v) is 7.90. The zero-order valence-electron chi connectivity index (χ0n) is 13.4. The molecule has 1 N–H and O–H groups in total. The van der Waals surface area contributed by atoms with Gasteiger partial charge in [-0.25, -0.2) is 0 Å². The molecule has 0 amide bonds. The number of aryl methyl sites for hydroxylation is 2. The summed E-state index contributed by atoms with van der Waals surface area (Å²) in [6.07, 6.45) is 5.44. The predicted molar refractivity (Wildman–Crippen MR) is 81.6 cm³/mol. The molecular formula is C16H28N4. The van der Waals surface area contributed by atoms with E-state index in [1.807, 2.05) is 4.68 Å². The average Bonchev–Trinajstić information content (AvgIpc) is 2.93. The lowest BCUT2D eigenvalue weighted by Gasteiger charge is -2.51. The maximum atomic E-state index is 4.49. The molecule has 1 saturated heterocycles. The van der Waals surface area contributed by atoms with Crippen LogP contribution in [-0.4, -0.2) is 38.8 Å². The Hall–Kier alpha value is -0.870. The molecule has 3 rings (SSSR count). The van der Waals surface area contributed by atoms with Crippen molar-refractivity contribution in [3.63, 3.8) is 0 Å². The van der Waals surface area contributed by atoms with Crippen molar-refractivity contribution < 1.29 is 0 Å². The van der Waals surface area contributed by atoms with Crippen molar-refractivity contribution in [1.82, 2.24) is 20.0 Å². The molecule has 1 aromatic rings. The van der Waals surface area contributed by atoms with Gasteiger partial charge in [-0.15, -0.1) is 0 Å². The third-order valence-electron chi connectivity index (χ3n) is 5.26. The Labute approximate surface area is 122 Å². The highest BCUT2D eigenvalue weighted by Gasteiger charge is 2.44. The fraction of sp³-hybridized carbons (Fsp3) is 0.812. The SMILES string of the molecule is Cc1cc(CN2CC3(CCCC3)NCC2(C)C)n(C)n1. The van der Waals surface area contributed by atoms with Gasteiger partial charge in [0.2, 0.25) is 0 Å². The van der Waals surface area contributed by atoms with E-state index >= 15 is 0 Å². The van der Waals surface area contributed by atoms with Crippen molar-refractivity contribution in [3.8, 4) is 0 Å². The third-order valence-corrected chi connectivity index (χ3v) is 5.26. The minimum Gasteiger partial charge on any atom is -0.308 e. The lowest BCUT2D eigenvalue weighted by molar-refractivity contribution is 0.0200. The number of piperazine rings is 1. The second kappa shape index (κ2) is 4.85. The molecule has 2 aliphatic rings.